The number of rotatable bonds is 7. The molecule has 0 aromatic carbocycles. The number of carbonyl (C=O) groups is 1. The number of carbonyl (C=O) groups excluding carboxylic acids is 1. The van der Waals surface area contributed by atoms with E-state index in [1.165, 1.54) is 0 Å². The van der Waals surface area contributed by atoms with E-state index in [2.05, 4.69) is 0 Å². The van der Waals surface area contributed by atoms with Gasteiger partial charge in [0, 0.05) is 13.5 Å². The Morgan fingerprint density at radius 2 is 1.85 bits per heavy atom. The van der Waals surface area contributed by atoms with Gasteiger partial charge in [-0.2, -0.15) is 21.6 Å². The van der Waals surface area contributed by atoms with Gasteiger partial charge in [0.1, 0.15) is 0 Å². The van der Waals surface area contributed by atoms with E-state index < -0.39 is 29.8 Å². The van der Waals surface area contributed by atoms with Crippen LogP contribution in [0.2, 0.25) is 18.6 Å². The van der Waals surface area contributed by atoms with Crippen LogP contribution in [-0.2, 0) is 19.2 Å². The summed E-state index contributed by atoms with van der Waals surface area (Å²) in [4.78, 5) is 11.2. The van der Waals surface area contributed by atoms with Crippen molar-refractivity contribution in [3.63, 3.8) is 0 Å². The lowest BCUT2D eigenvalue weighted by atomic mass is 10.2. The number of sulfonamides is 1. The van der Waals surface area contributed by atoms with Crippen molar-refractivity contribution in [1.82, 2.24) is 4.72 Å². The van der Waals surface area contributed by atoms with Crippen molar-refractivity contribution in [3.05, 3.63) is 0 Å². The minimum Gasteiger partial charge on any atom is -0.420 e. The molecule has 10 heteroatoms. The highest BCUT2D eigenvalue weighted by Crippen LogP contribution is 2.27. The quantitative estimate of drug-likeness (QED) is 0.725. The van der Waals surface area contributed by atoms with Crippen LogP contribution in [0.3, 0.4) is 0 Å². The molecule has 0 heterocycles. The predicted octanol–water partition coefficient (Wildman–Crippen LogP) is 2.36. The molecular formula is C10H20F3NO4SSi. The van der Waals surface area contributed by atoms with Crippen LogP contribution >= 0.6 is 0 Å². The predicted molar refractivity (Wildman–Crippen MR) is 70.9 cm³/mol. The first-order valence-electron chi connectivity index (χ1n) is 6.00. The molecule has 0 spiro atoms. The Hall–Kier alpha value is -0.613. The molecule has 1 atom stereocenters. The van der Waals surface area contributed by atoms with E-state index in [9.17, 15) is 26.4 Å². The molecule has 0 aromatic heterocycles. The van der Waals surface area contributed by atoms with Crippen LogP contribution in [0.4, 0.5) is 13.2 Å². The number of halogens is 3. The van der Waals surface area contributed by atoms with E-state index >= 15 is 0 Å². The maximum atomic E-state index is 12.0. The van der Waals surface area contributed by atoms with Crippen molar-refractivity contribution in [3.8, 4) is 0 Å². The Morgan fingerprint density at radius 3 is 2.25 bits per heavy atom. The van der Waals surface area contributed by atoms with Crippen molar-refractivity contribution < 1.29 is 30.8 Å². The fourth-order valence-corrected chi connectivity index (χ4v) is 3.20. The van der Waals surface area contributed by atoms with Crippen LogP contribution in [0.5, 0.6) is 0 Å². The van der Waals surface area contributed by atoms with Gasteiger partial charge in [-0.05, 0) is 25.1 Å². The lowest BCUT2D eigenvalue weighted by Gasteiger charge is -2.27. The average molecular weight is 335 g/mol. The van der Waals surface area contributed by atoms with E-state index in [1.807, 2.05) is 20.0 Å². The zero-order valence-electron chi connectivity index (χ0n) is 11.9. The minimum absolute atomic E-state index is 0.208. The maximum absolute atomic E-state index is 12.0. The fourth-order valence-electron chi connectivity index (χ4n) is 1.38. The largest absolute Gasteiger partial charge is 0.516 e. The normalized spacial score (nSPS) is 14.9. The molecule has 0 aromatic rings. The summed E-state index contributed by atoms with van der Waals surface area (Å²) in [6, 6.07) is 0. The molecule has 20 heavy (non-hydrogen) atoms. The standard InChI is InChI=1S/C10H20F3NO4SSi/c1-8(20(3,4)18-2)6-5-7-9(15)14-19(16,17)10(11,12)13/h8H,5-7H2,1-4H3,(H,14,15). The zero-order valence-corrected chi connectivity index (χ0v) is 13.7. The van der Waals surface area contributed by atoms with E-state index in [1.54, 1.807) is 7.11 Å². The summed E-state index contributed by atoms with van der Waals surface area (Å²) in [7, 11) is -5.85. The molecule has 0 rings (SSSR count). The third-order valence-electron chi connectivity index (χ3n) is 3.31. The van der Waals surface area contributed by atoms with Crippen LogP contribution in [0.15, 0.2) is 0 Å². The molecule has 0 saturated carbocycles. The lowest BCUT2D eigenvalue weighted by molar-refractivity contribution is -0.120. The van der Waals surface area contributed by atoms with Gasteiger partial charge >= 0.3 is 15.5 Å². The molecule has 0 aliphatic heterocycles. The molecule has 1 N–H and O–H groups in total. The topological polar surface area (TPSA) is 72.5 Å². The Bertz CT molecular complexity index is 436. The number of nitrogens with one attached hydrogen (secondary N) is 1. The van der Waals surface area contributed by atoms with Crippen molar-refractivity contribution in [1.29, 1.82) is 0 Å². The Labute approximate surface area is 118 Å². The second kappa shape index (κ2) is 6.90. The summed E-state index contributed by atoms with van der Waals surface area (Å²) in [6.07, 6.45) is 0.626. The second-order valence-electron chi connectivity index (χ2n) is 5.08. The number of amides is 1. The number of alkyl halides is 3. The van der Waals surface area contributed by atoms with Gasteiger partial charge in [0.05, 0.1) is 0 Å². The van der Waals surface area contributed by atoms with E-state index in [0.29, 0.717) is 12.8 Å². The van der Waals surface area contributed by atoms with Gasteiger partial charge in [-0.15, -0.1) is 0 Å². The molecule has 1 amide bonds. The highest BCUT2D eigenvalue weighted by molar-refractivity contribution is 7.90. The Morgan fingerprint density at radius 1 is 1.35 bits per heavy atom. The lowest BCUT2D eigenvalue weighted by Crippen LogP contribution is -2.40. The van der Waals surface area contributed by atoms with Crippen LogP contribution in [-0.4, -0.2) is 35.3 Å². The molecule has 1 unspecified atom stereocenters. The first-order chi connectivity index (χ1) is 8.83. The van der Waals surface area contributed by atoms with Crippen molar-refractivity contribution >= 4 is 24.2 Å². The summed E-state index contributed by atoms with van der Waals surface area (Å²) < 4.78 is 63.9. The molecular weight excluding hydrogens is 315 g/mol. The van der Waals surface area contributed by atoms with Gasteiger partial charge in [-0.25, -0.2) is 4.72 Å². The van der Waals surface area contributed by atoms with Crippen molar-refractivity contribution in [2.75, 3.05) is 7.11 Å². The summed E-state index contributed by atoms with van der Waals surface area (Å²) in [5.74, 6) is -1.15. The van der Waals surface area contributed by atoms with Crippen LogP contribution in [0.1, 0.15) is 26.2 Å². The Kier molecular flexibility index (Phi) is 6.69. The van der Waals surface area contributed by atoms with Crippen LogP contribution < -0.4 is 4.72 Å². The minimum atomic E-state index is -5.60. The highest BCUT2D eigenvalue weighted by Gasteiger charge is 2.46. The SMILES string of the molecule is CO[Si](C)(C)C(C)CCCC(=O)NS(=O)(=O)C(F)(F)F. The summed E-state index contributed by atoms with van der Waals surface area (Å²) in [5, 5.41) is 0. The third kappa shape index (κ3) is 5.79. The first-order valence-corrected chi connectivity index (χ1v) is 10.5. The number of hydrogen-bond donors (Lipinski definition) is 1. The second-order valence-corrected chi connectivity index (χ2v) is 11.3. The van der Waals surface area contributed by atoms with E-state index in [0.717, 1.165) is 4.72 Å². The molecule has 5 nitrogen and oxygen atoms in total. The molecule has 120 valence electrons. The van der Waals surface area contributed by atoms with Gasteiger partial charge in [0.2, 0.25) is 5.91 Å². The molecule has 0 bridgehead atoms. The molecule has 0 aliphatic carbocycles. The van der Waals surface area contributed by atoms with E-state index in [-0.39, 0.29) is 12.0 Å². The van der Waals surface area contributed by atoms with E-state index in [4.69, 9.17) is 4.43 Å². The average Bonchev–Trinajstić information content (AvgIpc) is 2.26. The van der Waals surface area contributed by atoms with Crippen molar-refractivity contribution in [2.45, 2.75) is 50.3 Å². The molecule has 0 saturated heterocycles. The first kappa shape index (κ1) is 19.4. The van der Waals surface area contributed by atoms with Gasteiger partial charge in [0.15, 0.2) is 8.32 Å². The fraction of sp³-hybridized carbons (Fsp3) is 0.900. The summed E-state index contributed by atoms with van der Waals surface area (Å²) >= 11 is 0. The smallest absolute Gasteiger partial charge is 0.420 e. The Balaban J connectivity index is 4.28. The molecule has 0 radical (unpaired) electrons. The molecule has 0 fully saturated rings. The molecule has 0 aliphatic rings. The summed E-state index contributed by atoms with van der Waals surface area (Å²) in [5.41, 5.74) is -5.26. The maximum Gasteiger partial charge on any atom is 0.516 e. The van der Waals surface area contributed by atoms with Gasteiger partial charge in [-0.1, -0.05) is 13.3 Å². The van der Waals surface area contributed by atoms with Gasteiger partial charge in [0.25, 0.3) is 0 Å². The van der Waals surface area contributed by atoms with Gasteiger partial charge in [-0.3, -0.25) is 4.79 Å². The highest BCUT2D eigenvalue weighted by atomic mass is 32.2. The zero-order chi connectivity index (χ0) is 16.2. The van der Waals surface area contributed by atoms with Crippen LogP contribution in [0, 0.1) is 0 Å². The van der Waals surface area contributed by atoms with Crippen molar-refractivity contribution in [2.24, 2.45) is 0 Å². The third-order valence-corrected chi connectivity index (χ3v) is 8.13. The summed E-state index contributed by atoms with van der Waals surface area (Å²) in [6.45, 7) is 5.93. The monoisotopic (exact) mass is 335 g/mol. The number of hydrogen-bond acceptors (Lipinski definition) is 4. The van der Waals surface area contributed by atoms with Gasteiger partial charge < -0.3 is 4.43 Å². The van der Waals surface area contributed by atoms with Crippen LogP contribution in [0.25, 0.3) is 0 Å².